The first-order valence-electron chi connectivity index (χ1n) is 9.40. The summed E-state index contributed by atoms with van der Waals surface area (Å²) in [5, 5.41) is 5.85. The second-order valence-corrected chi connectivity index (χ2v) is 6.81. The Morgan fingerprint density at radius 1 is 1.15 bits per heavy atom. The van der Waals surface area contributed by atoms with Gasteiger partial charge >= 0.3 is 0 Å². The number of methoxy groups -OCH3 is 2. The summed E-state index contributed by atoms with van der Waals surface area (Å²) in [4.78, 5) is 19.9. The third kappa shape index (κ3) is 5.47. The van der Waals surface area contributed by atoms with E-state index in [0.29, 0.717) is 16.4 Å². The maximum Gasteiger partial charge on any atom is 0.247 e. The highest BCUT2D eigenvalue weighted by atomic mass is 35.5. The Morgan fingerprint density at radius 2 is 1.79 bits per heavy atom. The summed E-state index contributed by atoms with van der Waals surface area (Å²) in [5.74, 6) is -2.28. The maximum atomic E-state index is 14.5. The van der Waals surface area contributed by atoms with Crippen molar-refractivity contribution in [2.24, 2.45) is 0 Å². The molecule has 0 saturated heterocycles. The van der Waals surface area contributed by atoms with Crippen molar-refractivity contribution in [3.05, 3.63) is 71.5 Å². The van der Waals surface area contributed by atoms with E-state index < -0.39 is 24.1 Å². The minimum atomic E-state index is -0.900. The number of hydrogen-bond donors (Lipinski definition) is 2. The van der Waals surface area contributed by atoms with E-state index in [1.54, 1.807) is 18.2 Å². The second-order valence-electron chi connectivity index (χ2n) is 6.40. The molecule has 172 valence electrons. The molecule has 0 aliphatic rings. The van der Waals surface area contributed by atoms with Gasteiger partial charge < -0.3 is 24.8 Å². The SMILES string of the molecule is C=CC(=O)Nc1cccc(Cl)c1Nc1ncc(OCc2c(F)c(OC)cc(OC)c2F)cn1. The molecular formula is C22H19ClF2N4O4. The zero-order valence-corrected chi connectivity index (χ0v) is 18.4. The number of halogens is 3. The van der Waals surface area contributed by atoms with Gasteiger partial charge in [-0.25, -0.2) is 18.7 Å². The number of para-hydroxylation sites is 1. The Hall–Kier alpha value is -3.92. The average Bonchev–Trinajstić information content (AvgIpc) is 2.82. The molecule has 8 nitrogen and oxygen atoms in total. The van der Waals surface area contributed by atoms with Gasteiger partial charge in [0.05, 0.1) is 48.6 Å². The van der Waals surface area contributed by atoms with Crippen LogP contribution in [-0.2, 0) is 11.4 Å². The van der Waals surface area contributed by atoms with Crippen molar-refractivity contribution in [2.75, 3.05) is 24.9 Å². The number of nitrogens with one attached hydrogen (secondary N) is 2. The van der Waals surface area contributed by atoms with Crippen LogP contribution in [0.4, 0.5) is 26.1 Å². The van der Waals surface area contributed by atoms with Crippen molar-refractivity contribution < 1.29 is 27.8 Å². The molecule has 3 rings (SSSR count). The van der Waals surface area contributed by atoms with E-state index in [2.05, 4.69) is 27.2 Å². The van der Waals surface area contributed by atoms with E-state index in [1.165, 1.54) is 26.6 Å². The number of aromatic nitrogens is 2. The Balaban J connectivity index is 1.76. The molecule has 0 aliphatic carbocycles. The third-order valence-corrected chi connectivity index (χ3v) is 4.68. The summed E-state index contributed by atoms with van der Waals surface area (Å²) in [6, 6.07) is 6.03. The van der Waals surface area contributed by atoms with Crippen molar-refractivity contribution >= 4 is 34.8 Å². The monoisotopic (exact) mass is 476 g/mol. The van der Waals surface area contributed by atoms with Gasteiger partial charge in [-0.2, -0.15) is 0 Å². The number of carbonyl (C=O) groups excluding carboxylic acids is 1. The van der Waals surface area contributed by atoms with Crippen molar-refractivity contribution in [1.82, 2.24) is 9.97 Å². The zero-order chi connectivity index (χ0) is 24.0. The van der Waals surface area contributed by atoms with E-state index in [9.17, 15) is 13.6 Å². The molecular weight excluding hydrogens is 458 g/mol. The van der Waals surface area contributed by atoms with Crippen LogP contribution in [-0.4, -0.2) is 30.1 Å². The number of benzene rings is 2. The highest BCUT2D eigenvalue weighted by Gasteiger charge is 2.20. The van der Waals surface area contributed by atoms with Crippen LogP contribution in [0.25, 0.3) is 0 Å². The van der Waals surface area contributed by atoms with Crippen LogP contribution in [0.3, 0.4) is 0 Å². The lowest BCUT2D eigenvalue weighted by Crippen LogP contribution is -2.10. The van der Waals surface area contributed by atoms with E-state index in [0.717, 1.165) is 12.1 Å². The van der Waals surface area contributed by atoms with E-state index >= 15 is 0 Å². The number of anilines is 3. The summed E-state index contributed by atoms with van der Waals surface area (Å²) in [7, 11) is 2.51. The van der Waals surface area contributed by atoms with Gasteiger partial charge in [-0.1, -0.05) is 24.2 Å². The first kappa shape index (κ1) is 23.7. The fourth-order valence-corrected chi connectivity index (χ4v) is 2.95. The molecule has 33 heavy (non-hydrogen) atoms. The topological polar surface area (TPSA) is 94.6 Å². The summed E-state index contributed by atoms with van der Waals surface area (Å²) in [5.41, 5.74) is 0.400. The largest absolute Gasteiger partial charge is 0.494 e. The van der Waals surface area contributed by atoms with Gasteiger partial charge in [-0.15, -0.1) is 0 Å². The lowest BCUT2D eigenvalue weighted by Gasteiger charge is -2.14. The minimum Gasteiger partial charge on any atom is -0.494 e. The van der Waals surface area contributed by atoms with Crippen molar-refractivity contribution in [2.45, 2.75) is 6.61 Å². The van der Waals surface area contributed by atoms with Crippen LogP contribution in [0.2, 0.25) is 5.02 Å². The van der Waals surface area contributed by atoms with Gasteiger partial charge in [0, 0.05) is 6.07 Å². The van der Waals surface area contributed by atoms with Gasteiger partial charge in [0.25, 0.3) is 0 Å². The number of rotatable bonds is 9. The Labute approximate surface area is 193 Å². The quantitative estimate of drug-likeness (QED) is 0.425. The van der Waals surface area contributed by atoms with Gasteiger partial charge in [0.15, 0.2) is 28.9 Å². The molecule has 0 saturated carbocycles. The molecule has 1 amide bonds. The Bertz CT molecular complexity index is 1150. The highest BCUT2D eigenvalue weighted by Crippen LogP contribution is 2.33. The van der Waals surface area contributed by atoms with E-state index in [-0.39, 0.29) is 28.8 Å². The first-order valence-corrected chi connectivity index (χ1v) is 9.78. The molecule has 0 atom stereocenters. The Morgan fingerprint density at radius 3 is 2.36 bits per heavy atom. The standard InChI is InChI=1S/C22H19ClF2N4O4/c1-4-18(30)28-15-7-5-6-14(23)21(15)29-22-26-9-12(10-27-22)33-11-13-19(24)16(31-2)8-17(32-3)20(13)25/h4-10H,1,11H2,2-3H3,(H,28,30)(H,26,27,29). The maximum absolute atomic E-state index is 14.5. The van der Waals surface area contributed by atoms with E-state index in [4.69, 9.17) is 25.8 Å². The number of amides is 1. The molecule has 0 spiro atoms. The van der Waals surface area contributed by atoms with Crippen molar-refractivity contribution in [1.29, 1.82) is 0 Å². The lowest BCUT2D eigenvalue weighted by atomic mass is 10.1. The molecule has 1 aromatic heterocycles. The first-order chi connectivity index (χ1) is 15.9. The number of nitrogens with zero attached hydrogens (tertiary/aromatic N) is 2. The van der Waals surface area contributed by atoms with Crippen LogP contribution >= 0.6 is 11.6 Å². The van der Waals surface area contributed by atoms with Gasteiger partial charge in [0.2, 0.25) is 11.9 Å². The predicted octanol–water partition coefficient (Wildman–Crippen LogP) is 4.87. The zero-order valence-electron chi connectivity index (χ0n) is 17.6. The average molecular weight is 477 g/mol. The van der Waals surface area contributed by atoms with Crippen LogP contribution in [0, 0.1) is 11.6 Å². The second kappa shape index (κ2) is 10.6. The molecule has 0 bridgehead atoms. The smallest absolute Gasteiger partial charge is 0.247 e. The van der Waals surface area contributed by atoms with Gasteiger partial charge in [0.1, 0.15) is 6.61 Å². The molecule has 0 radical (unpaired) electrons. The van der Waals surface area contributed by atoms with Crippen LogP contribution in [0.5, 0.6) is 17.2 Å². The predicted molar refractivity (Wildman–Crippen MR) is 119 cm³/mol. The summed E-state index contributed by atoms with van der Waals surface area (Å²) < 4.78 is 44.2. The van der Waals surface area contributed by atoms with Crippen molar-refractivity contribution in [3.63, 3.8) is 0 Å². The molecule has 0 aliphatic heterocycles. The fraction of sp³-hybridized carbons (Fsp3) is 0.136. The molecule has 2 aromatic carbocycles. The minimum absolute atomic E-state index is 0.143. The molecule has 0 unspecified atom stereocenters. The van der Waals surface area contributed by atoms with E-state index in [1.807, 2.05) is 0 Å². The van der Waals surface area contributed by atoms with Crippen LogP contribution in [0.15, 0.2) is 49.3 Å². The summed E-state index contributed by atoms with van der Waals surface area (Å²) >= 11 is 6.22. The fourth-order valence-electron chi connectivity index (χ4n) is 2.73. The number of ether oxygens (including phenoxy) is 3. The summed E-state index contributed by atoms with van der Waals surface area (Å²) in [6.45, 7) is 2.95. The number of carbonyl (C=O) groups is 1. The molecule has 11 heteroatoms. The van der Waals surface area contributed by atoms with Gasteiger partial charge in [-0.05, 0) is 18.2 Å². The lowest BCUT2D eigenvalue weighted by molar-refractivity contribution is -0.111. The van der Waals surface area contributed by atoms with Gasteiger partial charge in [-0.3, -0.25) is 4.79 Å². The molecule has 3 aromatic rings. The van der Waals surface area contributed by atoms with Crippen LogP contribution in [0.1, 0.15) is 5.56 Å². The molecule has 0 fully saturated rings. The van der Waals surface area contributed by atoms with Crippen molar-refractivity contribution in [3.8, 4) is 17.2 Å². The Kier molecular flexibility index (Phi) is 7.62. The highest BCUT2D eigenvalue weighted by molar-refractivity contribution is 6.34. The number of hydrogen-bond acceptors (Lipinski definition) is 7. The normalized spacial score (nSPS) is 10.3. The van der Waals surface area contributed by atoms with Crippen LogP contribution < -0.4 is 24.8 Å². The molecule has 2 N–H and O–H groups in total. The summed E-state index contributed by atoms with van der Waals surface area (Å²) in [6.07, 6.45) is 3.74. The molecule has 1 heterocycles. The third-order valence-electron chi connectivity index (χ3n) is 4.37.